The number of hydrogen-bond donors (Lipinski definition) is 0. The van der Waals surface area contributed by atoms with E-state index in [2.05, 4.69) is 22.2 Å². The van der Waals surface area contributed by atoms with Crippen LogP contribution in [0.25, 0.3) is 11.0 Å². The molecule has 0 bridgehead atoms. The topological polar surface area (TPSA) is 47.7 Å². The SMILES string of the molecule is COc1ccc2c(CCC3CCN(Cc4ccc(Cl)cc4)CC3)noc2c1OC. The second kappa shape index (κ2) is 9.06. The fourth-order valence-electron chi connectivity index (χ4n) is 4.17. The molecule has 3 aromatic rings. The van der Waals surface area contributed by atoms with Crippen molar-refractivity contribution >= 4 is 22.6 Å². The third-order valence-corrected chi connectivity index (χ3v) is 6.13. The highest BCUT2D eigenvalue weighted by atomic mass is 35.5. The van der Waals surface area contributed by atoms with E-state index in [9.17, 15) is 0 Å². The Balaban J connectivity index is 1.32. The number of piperidine rings is 1. The lowest BCUT2D eigenvalue weighted by atomic mass is 9.91. The van der Waals surface area contributed by atoms with E-state index in [1.807, 2.05) is 24.3 Å². The largest absolute Gasteiger partial charge is 0.493 e. The van der Waals surface area contributed by atoms with Gasteiger partial charge in [0.2, 0.25) is 11.3 Å². The van der Waals surface area contributed by atoms with E-state index in [1.165, 1.54) is 18.4 Å². The Kier molecular flexibility index (Phi) is 6.26. The lowest BCUT2D eigenvalue weighted by Crippen LogP contribution is -2.33. The van der Waals surface area contributed by atoms with Crippen LogP contribution < -0.4 is 9.47 Å². The molecule has 0 amide bonds. The van der Waals surface area contributed by atoms with Gasteiger partial charge in [-0.2, -0.15) is 0 Å². The van der Waals surface area contributed by atoms with E-state index in [0.717, 1.165) is 54.5 Å². The number of methoxy groups -OCH3 is 2. The predicted octanol–water partition coefficient (Wildman–Crippen LogP) is 5.34. The standard InChI is InChI=1S/C23H27ClN2O3/c1-27-21-10-8-19-20(25-29-22(19)23(21)28-2)9-5-16-11-13-26(14-12-16)15-17-3-6-18(24)7-4-17/h3-4,6-8,10,16H,5,9,11-15H2,1-2H3. The number of fused-ring (bicyclic) bond motifs is 1. The van der Waals surface area contributed by atoms with Gasteiger partial charge >= 0.3 is 0 Å². The van der Waals surface area contributed by atoms with E-state index < -0.39 is 0 Å². The molecule has 1 aromatic heterocycles. The molecule has 6 heteroatoms. The fourth-order valence-corrected chi connectivity index (χ4v) is 4.29. The van der Waals surface area contributed by atoms with Gasteiger partial charge in [0.05, 0.1) is 19.9 Å². The third-order valence-electron chi connectivity index (χ3n) is 5.87. The molecule has 0 saturated carbocycles. The van der Waals surface area contributed by atoms with E-state index in [4.69, 9.17) is 25.6 Å². The van der Waals surface area contributed by atoms with E-state index in [-0.39, 0.29) is 0 Å². The summed E-state index contributed by atoms with van der Waals surface area (Å²) in [7, 11) is 3.25. The van der Waals surface area contributed by atoms with E-state index in [1.54, 1.807) is 14.2 Å². The summed E-state index contributed by atoms with van der Waals surface area (Å²) in [5.74, 6) is 2.00. The highest BCUT2D eigenvalue weighted by Crippen LogP contribution is 2.37. The second-order valence-corrected chi connectivity index (χ2v) is 8.13. The maximum absolute atomic E-state index is 5.98. The molecule has 1 aliphatic heterocycles. The molecular weight excluding hydrogens is 388 g/mol. The fraction of sp³-hybridized carbons (Fsp3) is 0.435. The Morgan fingerprint density at radius 1 is 1.07 bits per heavy atom. The smallest absolute Gasteiger partial charge is 0.212 e. The van der Waals surface area contributed by atoms with Gasteiger partial charge in [-0.3, -0.25) is 4.90 Å². The van der Waals surface area contributed by atoms with Crippen molar-refractivity contribution in [1.82, 2.24) is 10.1 Å². The van der Waals surface area contributed by atoms with Gasteiger partial charge < -0.3 is 14.0 Å². The molecule has 29 heavy (non-hydrogen) atoms. The van der Waals surface area contributed by atoms with Crippen molar-refractivity contribution in [2.75, 3.05) is 27.3 Å². The summed E-state index contributed by atoms with van der Waals surface area (Å²) in [6.45, 7) is 3.27. The minimum absolute atomic E-state index is 0.610. The van der Waals surface area contributed by atoms with Gasteiger partial charge in [-0.1, -0.05) is 28.9 Å². The summed E-state index contributed by atoms with van der Waals surface area (Å²) >= 11 is 5.98. The molecule has 0 radical (unpaired) electrons. The molecule has 5 nitrogen and oxygen atoms in total. The van der Waals surface area contributed by atoms with Crippen molar-refractivity contribution < 1.29 is 14.0 Å². The molecule has 0 aliphatic carbocycles. The van der Waals surface area contributed by atoms with Gasteiger partial charge in [0.15, 0.2) is 5.75 Å². The minimum Gasteiger partial charge on any atom is -0.493 e. The molecular formula is C23H27ClN2O3. The van der Waals surface area contributed by atoms with Gasteiger partial charge in [-0.15, -0.1) is 0 Å². The molecule has 0 N–H and O–H groups in total. The molecule has 0 atom stereocenters. The van der Waals surface area contributed by atoms with Crippen molar-refractivity contribution in [1.29, 1.82) is 0 Å². The Morgan fingerprint density at radius 3 is 2.52 bits per heavy atom. The lowest BCUT2D eigenvalue weighted by molar-refractivity contribution is 0.172. The highest BCUT2D eigenvalue weighted by Gasteiger charge is 2.21. The first kappa shape index (κ1) is 20.0. The van der Waals surface area contributed by atoms with Gasteiger partial charge in [0.25, 0.3) is 0 Å². The molecule has 0 spiro atoms. The van der Waals surface area contributed by atoms with Crippen LogP contribution in [0.5, 0.6) is 11.5 Å². The average Bonchev–Trinajstić information content (AvgIpc) is 3.17. The summed E-state index contributed by atoms with van der Waals surface area (Å²) in [6.07, 6.45) is 4.50. The zero-order chi connectivity index (χ0) is 20.2. The summed E-state index contributed by atoms with van der Waals surface area (Å²) < 4.78 is 16.4. The van der Waals surface area contributed by atoms with Gasteiger partial charge in [-0.25, -0.2) is 0 Å². The van der Waals surface area contributed by atoms with Crippen LogP contribution in [0.15, 0.2) is 40.9 Å². The number of rotatable bonds is 7. The highest BCUT2D eigenvalue weighted by molar-refractivity contribution is 6.30. The Labute approximate surface area is 176 Å². The molecule has 1 fully saturated rings. The molecule has 4 rings (SSSR count). The number of halogens is 1. The minimum atomic E-state index is 0.610. The van der Waals surface area contributed by atoms with Gasteiger partial charge in [0, 0.05) is 17.0 Å². The van der Waals surface area contributed by atoms with Crippen molar-refractivity contribution in [2.45, 2.75) is 32.2 Å². The van der Waals surface area contributed by atoms with E-state index in [0.29, 0.717) is 17.1 Å². The number of hydrogen-bond acceptors (Lipinski definition) is 5. The quantitative estimate of drug-likeness (QED) is 0.522. The number of likely N-dealkylation sites (tertiary alicyclic amines) is 1. The average molecular weight is 415 g/mol. The van der Waals surface area contributed by atoms with Gasteiger partial charge in [-0.05, 0) is 74.5 Å². The Bertz CT molecular complexity index is 947. The van der Waals surface area contributed by atoms with Crippen molar-refractivity contribution in [3.05, 3.63) is 52.7 Å². The molecule has 2 heterocycles. The number of ether oxygens (including phenoxy) is 2. The van der Waals surface area contributed by atoms with E-state index >= 15 is 0 Å². The zero-order valence-corrected chi connectivity index (χ0v) is 17.7. The first-order valence-corrected chi connectivity index (χ1v) is 10.5. The monoisotopic (exact) mass is 414 g/mol. The van der Waals surface area contributed by atoms with Crippen LogP contribution in [-0.4, -0.2) is 37.4 Å². The first-order chi connectivity index (χ1) is 14.2. The number of aromatic nitrogens is 1. The summed E-state index contributed by atoms with van der Waals surface area (Å²) in [4.78, 5) is 2.53. The summed E-state index contributed by atoms with van der Waals surface area (Å²) in [6, 6.07) is 12.1. The number of aryl methyl sites for hydroxylation is 1. The van der Waals surface area contributed by atoms with Crippen molar-refractivity contribution in [3.63, 3.8) is 0 Å². The maximum Gasteiger partial charge on any atom is 0.212 e. The third kappa shape index (κ3) is 4.51. The molecule has 1 aliphatic rings. The number of nitrogens with zero attached hydrogens (tertiary/aromatic N) is 2. The molecule has 2 aromatic carbocycles. The van der Waals surface area contributed by atoms with Crippen LogP contribution in [0, 0.1) is 5.92 Å². The predicted molar refractivity (Wildman–Crippen MR) is 115 cm³/mol. The molecule has 1 saturated heterocycles. The first-order valence-electron chi connectivity index (χ1n) is 10.1. The number of benzene rings is 2. The van der Waals surface area contributed by atoms with Crippen molar-refractivity contribution in [2.24, 2.45) is 5.92 Å². The zero-order valence-electron chi connectivity index (χ0n) is 17.0. The lowest BCUT2D eigenvalue weighted by Gasteiger charge is -2.32. The van der Waals surface area contributed by atoms with Crippen LogP contribution in [0.4, 0.5) is 0 Å². The Morgan fingerprint density at radius 2 is 1.83 bits per heavy atom. The maximum atomic E-state index is 5.98. The van der Waals surface area contributed by atoms with Crippen LogP contribution >= 0.6 is 11.6 Å². The van der Waals surface area contributed by atoms with Crippen LogP contribution in [0.3, 0.4) is 0 Å². The van der Waals surface area contributed by atoms with Crippen LogP contribution in [0.1, 0.15) is 30.5 Å². The van der Waals surface area contributed by atoms with Crippen LogP contribution in [0.2, 0.25) is 5.02 Å². The summed E-state index contributed by atoms with van der Waals surface area (Å²) in [5, 5.41) is 6.12. The second-order valence-electron chi connectivity index (χ2n) is 7.69. The van der Waals surface area contributed by atoms with Crippen molar-refractivity contribution in [3.8, 4) is 11.5 Å². The Hall–Kier alpha value is -2.24. The van der Waals surface area contributed by atoms with Gasteiger partial charge in [0.1, 0.15) is 0 Å². The normalized spacial score (nSPS) is 15.7. The molecule has 0 unspecified atom stereocenters. The molecule has 154 valence electrons. The summed E-state index contributed by atoms with van der Waals surface area (Å²) in [5.41, 5.74) is 3.00. The van der Waals surface area contributed by atoms with Crippen LogP contribution in [-0.2, 0) is 13.0 Å².